The van der Waals surface area contributed by atoms with Crippen molar-refractivity contribution in [2.45, 2.75) is 32.2 Å². The van der Waals surface area contributed by atoms with Gasteiger partial charge in [-0.3, -0.25) is 14.9 Å². The van der Waals surface area contributed by atoms with Crippen LogP contribution in [0.5, 0.6) is 0 Å². The Morgan fingerprint density at radius 3 is 2.83 bits per heavy atom. The van der Waals surface area contributed by atoms with Crippen LogP contribution in [-0.2, 0) is 6.54 Å². The molecule has 0 radical (unpaired) electrons. The van der Waals surface area contributed by atoms with Gasteiger partial charge in [0.2, 0.25) is 0 Å². The van der Waals surface area contributed by atoms with Crippen LogP contribution in [0.4, 0.5) is 0 Å². The summed E-state index contributed by atoms with van der Waals surface area (Å²) in [4.78, 5) is 20.3. The summed E-state index contributed by atoms with van der Waals surface area (Å²) in [7, 11) is 0. The summed E-state index contributed by atoms with van der Waals surface area (Å²) in [5.74, 6) is 0.440. The van der Waals surface area contributed by atoms with E-state index in [4.69, 9.17) is 4.98 Å². The second-order valence-electron chi connectivity index (χ2n) is 8.11. The van der Waals surface area contributed by atoms with Gasteiger partial charge in [-0.1, -0.05) is 18.2 Å². The number of rotatable bonds is 4. The minimum Gasteiger partial charge on any atom is -0.298 e. The zero-order valence-corrected chi connectivity index (χ0v) is 17.2. The van der Waals surface area contributed by atoms with Crippen molar-refractivity contribution in [1.29, 1.82) is 0 Å². The van der Waals surface area contributed by atoms with Crippen molar-refractivity contribution in [2.75, 3.05) is 13.1 Å². The standard InChI is InChI=1S/C25H25N5/c1-18-11-21(22-13-26-17-27-14-22)12-25(29-18)20-6-4-10-30(16-20)15-19-5-2-8-24-23(19)7-3-9-28-24/h2-3,5,7-9,11-14,17,20H,4,6,10,15-16H2,1H3/t20-/m0/s1. The highest BCUT2D eigenvalue weighted by Crippen LogP contribution is 2.30. The maximum Gasteiger partial charge on any atom is 0.115 e. The summed E-state index contributed by atoms with van der Waals surface area (Å²) in [5.41, 5.74) is 6.83. The zero-order valence-electron chi connectivity index (χ0n) is 17.2. The zero-order chi connectivity index (χ0) is 20.3. The average Bonchev–Trinajstić information content (AvgIpc) is 2.80. The first kappa shape index (κ1) is 18.8. The van der Waals surface area contributed by atoms with Gasteiger partial charge in [-0.15, -0.1) is 0 Å². The molecule has 3 aromatic heterocycles. The van der Waals surface area contributed by atoms with E-state index in [1.54, 1.807) is 6.33 Å². The topological polar surface area (TPSA) is 54.8 Å². The number of pyridine rings is 2. The maximum absolute atomic E-state index is 4.90. The number of hydrogen-bond donors (Lipinski definition) is 0. The summed E-state index contributed by atoms with van der Waals surface area (Å²) in [6.07, 6.45) is 9.53. The predicted molar refractivity (Wildman–Crippen MR) is 119 cm³/mol. The average molecular weight is 396 g/mol. The Balaban J connectivity index is 1.39. The van der Waals surface area contributed by atoms with Crippen LogP contribution >= 0.6 is 0 Å². The number of nitrogens with zero attached hydrogens (tertiary/aromatic N) is 5. The molecule has 0 N–H and O–H groups in total. The van der Waals surface area contributed by atoms with Crippen molar-refractivity contribution in [2.24, 2.45) is 0 Å². The fraction of sp³-hybridized carbons (Fsp3) is 0.280. The third kappa shape index (κ3) is 3.94. The lowest BCUT2D eigenvalue weighted by Crippen LogP contribution is -2.34. The predicted octanol–water partition coefficient (Wildman–Crippen LogP) is 4.77. The number of piperidine rings is 1. The number of benzene rings is 1. The van der Waals surface area contributed by atoms with Crippen molar-refractivity contribution in [3.8, 4) is 11.1 Å². The van der Waals surface area contributed by atoms with Gasteiger partial charge in [0.1, 0.15) is 6.33 Å². The van der Waals surface area contributed by atoms with E-state index < -0.39 is 0 Å². The van der Waals surface area contributed by atoms with Crippen molar-refractivity contribution in [3.63, 3.8) is 0 Å². The quantitative estimate of drug-likeness (QED) is 0.498. The molecule has 0 saturated carbocycles. The van der Waals surface area contributed by atoms with Crippen LogP contribution in [0, 0.1) is 6.92 Å². The molecule has 0 aliphatic carbocycles. The molecule has 30 heavy (non-hydrogen) atoms. The molecular weight excluding hydrogens is 370 g/mol. The Labute approximate surface area is 176 Å². The van der Waals surface area contributed by atoms with Gasteiger partial charge >= 0.3 is 0 Å². The van der Waals surface area contributed by atoms with Gasteiger partial charge < -0.3 is 0 Å². The molecule has 1 aliphatic heterocycles. The van der Waals surface area contributed by atoms with E-state index in [0.29, 0.717) is 5.92 Å². The van der Waals surface area contributed by atoms with Gasteiger partial charge in [-0.25, -0.2) is 9.97 Å². The van der Waals surface area contributed by atoms with Crippen molar-refractivity contribution in [1.82, 2.24) is 24.8 Å². The van der Waals surface area contributed by atoms with Gasteiger partial charge in [0, 0.05) is 59.9 Å². The minimum absolute atomic E-state index is 0.440. The van der Waals surface area contributed by atoms with E-state index in [9.17, 15) is 0 Å². The molecule has 0 spiro atoms. The minimum atomic E-state index is 0.440. The SMILES string of the molecule is Cc1cc(-c2cncnc2)cc([C@H]2CCCN(Cc3cccc4ncccc34)C2)n1. The highest BCUT2D eigenvalue weighted by atomic mass is 15.1. The van der Waals surface area contributed by atoms with Crippen LogP contribution in [0.3, 0.4) is 0 Å². The van der Waals surface area contributed by atoms with Crippen LogP contribution in [0.15, 0.2) is 67.4 Å². The molecule has 5 nitrogen and oxygen atoms in total. The molecule has 1 aromatic carbocycles. The highest BCUT2D eigenvalue weighted by molar-refractivity contribution is 5.81. The summed E-state index contributed by atoms with van der Waals surface area (Å²) in [6, 6.07) is 15.0. The van der Waals surface area contributed by atoms with E-state index in [-0.39, 0.29) is 0 Å². The van der Waals surface area contributed by atoms with Crippen molar-refractivity contribution in [3.05, 3.63) is 84.3 Å². The van der Waals surface area contributed by atoms with Gasteiger partial charge in [-0.05, 0) is 61.7 Å². The fourth-order valence-corrected chi connectivity index (χ4v) is 4.50. The Morgan fingerprint density at radius 1 is 1.03 bits per heavy atom. The van der Waals surface area contributed by atoms with E-state index >= 15 is 0 Å². The van der Waals surface area contributed by atoms with Crippen LogP contribution < -0.4 is 0 Å². The first-order valence-corrected chi connectivity index (χ1v) is 10.6. The molecule has 4 heterocycles. The molecule has 0 unspecified atom stereocenters. The smallest absolute Gasteiger partial charge is 0.115 e. The Hall–Kier alpha value is -3.18. The third-order valence-corrected chi connectivity index (χ3v) is 5.92. The lowest BCUT2D eigenvalue weighted by Gasteiger charge is -2.33. The highest BCUT2D eigenvalue weighted by Gasteiger charge is 2.23. The Morgan fingerprint density at radius 2 is 1.93 bits per heavy atom. The van der Waals surface area contributed by atoms with Crippen LogP contribution in [0.2, 0.25) is 0 Å². The third-order valence-electron chi connectivity index (χ3n) is 5.92. The molecule has 1 aliphatic rings. The van der Waals surface area contributed by atoms with Crippen molar-refractivity contribution >= 4 is 10.9 Å². The molecule has 0 bridgehead atoms. The van der Waals surface area contributed by atoms with Gasteiger partial charge in [0.15, 0.2) is 0 Å². The fourth-order valence-electron chi connectivity index (χ4n) is 4.50. The molecule has 0 amide bonds. The molecular formula is C25H25N5. The summed E-state index contributed by atoms with van der Waals surface area (Å²) < 4.78 is 0. The molecule has 4 aromatic rings. The van der Waals surface area contributed by atoms with Crippen LogP contribution in [-0.4, -0.2) is 37.9 Å². The second-order valence-corrected chi connectivity index (χ2v) is 8.11. The number of hydrogen-bond acceptors (Lipinski definition) is 5. The monoisotopic (exact) mass is 395 g/mol. The summed E-state index contributed by atoms with van der Waals surface area (Å²) in [6.45, 7) is 5.17. The number of likely N-dealkylation sites (tertiary alicyclic amines) is 1. The van der Waals surface area contributed by atoms with Crippen molar-refractivity contribution < 1.29 is 0 Å². The van der Waals surface area contributed by atoms with E-state index in [1.807, 2.05) is 24.7 Å². The lowest BCUT2D eigenvalue weighted by atomic mass is 9.92. The number of aryl methyl sites for hydroxylation is 1. The summed E-state index contributed by atoms with van der Waals surface area (Å²) >= 11 is 0. The largest absolute Gasteiger partial charge is 0.298 e. The first-order valence-electron chi connectivity index (χ1n) is 10.6. The molecule has 5 rings (SSSR count). The van der Waals surface area contributed by atoms with Crippen LogP contribution in [0.25, 0.3) is 22.0 Å². The summed E-state index contributed by atoms with van der Waals surface area (Å²) in [5, 5.41) is 1.25. The normalized spacial score (nSPS) is 17.3. The molecule has 150 valence electrons. The Bertz CT molecular complexity index is 1150. The van der Waals surface area contributed by atoms with Gasteiger partial charge in [0.05, 0.1) is 5.52 Å². The molecule has 1 atom stereocenters. The van der Waals surface area contributed by atoms with E-state index in [1.165, 1.54) is 29.5 Å². The van der Waals surface area contributed by atoms with Crippen LogP contribution in [0.1, 0.15) is 35.7 Å². The molecule has 1 fully saturated rings. The van der Waals surface area contributed by atoms with Gasteiger partial charge in [0.25, 0.3) is 0 Å². The second kappa shape index (κ2) is 8.28. The maximum atomic E-state index is 4.90. The van der Waals surface area contributed by atoms with Gasteiger partial charge in [-0.2, -0.15) is 0 Å². The number of fused-ring (bicyclic) bond motifs is 1. The Kier molecular flexibility index (Phi) is 5.20. The molecule has 1 saturated heterocycles. The van der Waals surface area contributed by atoms with E-state index in [2.05, 4.69) is 63.2 Å². The number of aromatic nitrogens is 4. The molecule has 5 heteroatoms. The lowest BCUT2D eigenvalue weighted by molar-refractivity contribution is 0.199. The first-order chi connectivity index (χ1) is 14.8. The van der Waals surface area contributed by atoms with E-state index in [0.717, 1.165) is 42.0 Å².